The van der Waals surface area contributed by atoms with Crippen molar-refractivity contribution in [3.8, 4) is 0 Å². The Kier molecular flexibility index (Phi) is 6.27. The van der Waals surface area contributed by atoms with E-state index in [1.165, 1.54) is 18.0 Å². The van der Waals surface area contributed by atoms with Crippen molar-refractivity contribution >= 4 is 33.2 Å². The van der Waals surface area contributed by atoms with E-state index in [0.717, 1.165) is 18.8 Å². The molecule has 0 aliphatic heterocycles. The van der Waals surface area contributed by atoms with E-state index < -0.39 is 14.6 Å². The molecule has 0 fully saturated rings. The Bertz CT molecular complexity index is 574. The fourth-order valence-electron chi connectivity index (χ4n) is 1.39. The molecule has 0 spiro atoms. The SMILES string of the molecule is CCCNc1cc(NCC(C)(C)S(C)(=O)=O)nc(SC)n1. The Hall–Kier alpha value is -1.02. The minimum Gasteiger partial charge on any atom is -0.370 e. The Morgan fingerprint density at radius 2 is 1.81 bits per heavy atom. The average Bonchev–Trinajstić information content (AvgIpc) is 2.41. The van der Waals surface area contributed by atoms with Crippen LogP contribution in [0.3, 0.4) is 0 Å². The normalized spacial score (nSPS) is 12.2. The van der Waals surface area contributed by atoms with E-state index in [1.54, 1.807) is 19.9 Å². The van der Waals surface area contributed by atoms with Gasteiger partial charge in [0.15, 0.2) is 15.0 Å². The standard InChI is InChI=1S/C13H24N4O2S2/c1-6-7-14-10-8-11(17-12(16-10)20-4)15-9-13(2,3)21(5,18)19/h8H,6-7,9H2,1-5H3,(H2,14,15,16,17). The summed E-state index contributed by atoms with van der Waals surface area (Å²) >= 11 is 1.45. The number of aromatic nitrogens is 2. The van der Waals surface area contributed by atoms with Crippen molar-refractivity contribution in [2.75, 3.05) is 36.2 Å². The number of sulfone groups is 1. The number of thioether (sulfide) groups is 1. The molecule has 8 heteroatoms. The highest BCUT2D eigenvalue weighted by Gasteiger charge is 2.30. The first kappa shape index (κ1) is 18.0. The Balaban J connectivity index is 2.87. The monoisotopic (exact) mass is 332 g/mol. The van der Waals surface area contributed by atoms with Gasteiger partial charge in [-0.25, -0.2) is 18.4 Å². The molecule has 0 aliphatic rings. The van der Waals surface area contributed by atoms with Gasteiger partial charge in [-0.2, -0.15) is 0 Å². The molecule has 0 atom stereocenters. The summed E-state index contributed by atoms with van der Waals surface area (Å²) in [4.78, 5) is 8.72. The van der Waals surface area contributed by atoms with Crippen LogP contribution in [0.2, 0.25) is 0 Å². The molecule has 0 saturated carbocycles. The zero-order valence-electron chi connectivity index (χ0n) is 13.2. The summed E-state index contributed by atoms with van der Waals surface area (Å²) in [6.07, 6.45) is 4.15. The molecule has 120 valence electrons. The number of nitrogens with zero attached hydrogens (tertiary/aromatic N) is 2. The van der Waals surface area contributed by atoms with Crippen molar-refractivity contribution in [1.82, 2.24) is 9.97 Å². The fourth-order valence-corrected chi connectivity index (χ4v) is 2.10. The summed E-state index contributed by atoms with van der Waals surface area (Å²) in [6, 6.07) is 1.80. The summed E-state index contributed by atoms with van der Waals surface area (Å²) in [5, 5.41) is 6.96. The van der Waals surface area contributed by atoms with Crippen LogP contribution in [-0.2, 0) is 9.84 Å². The first-order valence-corrected chi connectivity index (χ1v) is 9.91. The Labute approximate surface area is 131 Å². The van der Waals surface area contributed by atoms with Crippen LogP contribution in [0.15, 0.2) is 11.2 Å². The summed E-state index contributed by atoms with van der Waals surface area (Å²) in [6.45, 7) is 6.60. The Morgan fingerprint density at radius 1 is 1.24 bits per heavy atom. The first-order valence-electron chi connectivity index (χ1n) is 6.80. The maximum atomic E-state index is 11.7. The lowest BCUT2D eigenvalue weighted by molar-refractivity contribution is 0.559. The molecule has 0 bridgehead atoms. The predicted octanol–water partition coefficient (Wildman–Crippen LogP) is 2.26. The molecule has 0 amide bonds. The summed E-state index contributed by atoms with van der Waals surface area (Å²) in [7, 11) is -3.14. The van der Waals surface area contributed by atoms with Crippen LogP contribution in [0, 0.1) is 0 Å². The van der Waals surface area contributed by atoms with Gasteiger partial charge in [0.1, 0.15) is 11.6 Å². The zero-order valence-corrected chi connectivity index (χ0v) is 14.9. The smallest absolute Gasteiger partial charge is 0.191 e. The van der Waals surface area contributed by atoms with Gasteiger partial charge in [-0.15, -0.1) is 0 Å². The minimum absolute atomic E-state index is 0.296. The van der Waals surface area contributed by atoms with Crippen LogP contribution >= 0.6 is 11.8 Å². The second kappa shape index (κ2) is 7.31. The lowest BCUT2D eigenvalue weighted by Crippen LogP contribution is -2.38. The van der Waals surface area contributed by atoms with E-state index in [2.05, 4.69) is 27.5 Å². The molecule has 1 heterocycles. The van der Waals surface area contributed by atoms with Crippen molar-refractivity contribution < 1.29 is 8.42 Å². The van der Waals surface area contributed by atoms with Crippen LogP contribution in [0.25, 0.3) is 0 Å². The molecule has 0 saturated heterocycles. The highest BCUT2D eigenvalue weighted by atomic mass is 32.2. The van der Waals surface area contributed by atoms with E-state index >= 15 is 0 Å². The number of anilines is 2. The second-order valence-corrected chi connectivity index (χ2v) is 8.86. The van der Waals surface area contributed by atoms with Gasteiger partial charge < -0.3 is 10.6 Å². The van der Waals surface area contributed by atoms with E-state index in [-0.39, 0.29) is 0 Å². The van der Waals surface area contributed by atoms with Crippen LogP contribution in [0.1, 0.15) is 27.2 Å². The zero-order chi connectivity index (χ0) is 16.1. The van der Waals surface area contributed by atoms with Gasteiger partial charge in [0.25, 0.3) is 0 Å². The summed E-state index contributed by atoms with van der Waals surface area (Å²) < 4.78 is 22.6. The third-order valence-corrected chi connectivity index (χ3v) is 5.84. The van der Waals surface area contributed by atoms with Crippen molar-refractivity contribution in [3.05, 3.63) is 6.07 Å². The third-order valence-electron chi connectivity index (χ3n) is 3.14. The highest BCUT2D eigenvalue weighted by Crippen LogP contribution is 2.20. The second-order valence-electron chi connectivity index (χ2n) is 5.44. The van der Waals surface area contributed by atoms with Crippen LogP contribution in [0.5, 0.6) is 0 Å². The highest BCUT2D eigenvalue weighted by molar-refractivity contribution is 7.98. The summed E-state index contributed by atoms with van der Waals surface area (Å²) in [5.74, 6) is 1.38. The molecule has 2 N–H and O–H groups in total. The van der Waals surface area contributed by atoms with E-state index in [9.17, 15) is 8.42 Å². The van der Waals surface area contributed by atoms with E-state index in [4.69, 9.17) is 0 Å². The van der Waals surface area contributed by atoms with E-state index in [1.807, 2.05) is 6.26 Å². The van der Waals surface area contributed by atoms with Gasteiger partial charge >= 0.3 is 0 Å². The molecule has 0 aromatic carbocycles. The minimum atomic E-state index is -3.14. The van der Waals surface area contributed by atoms with Crippen LogP contribution in [0.4, 0.5) is 11.6 Å². The van der Waals surface area contributed by atoms with Crippen LogP contribution < -0.4 is 10.6 Å². The van der Waals surface area contributed by atoms with Gasteiger partial charge in [-0.05, 0) is 26.5 Å². The van der Waals surface area contributed by atoms with Gasteiger partial charge in [-0.1, -0.05) is 18.7 Å². The molecule has 1 aromatic heterocycles. The third kappa shape index (κ3) is 5.35. The number of hydrogen-bond acceptors (Lipinski definition) is 7. The average molecular weight is 332 g/mol. The number of hydrogen-bond donors (Lipinski definition) is 2. The largest absolute Gasteiger partial charge is 0.370 e. The van der Waals surface area contributed by atoms with Crippen molar-refractivity contribution in [1.29, 1.82) is 0 Å². The molecule has 6 nitrogen and oxygen atoms in total. The molecule has 1 rings (SSSR count). The van der Waals surface area contributed by atoms with Gasteiger partial charge in [0.2, 0.25) is 0 Å². The maximum Gasteiger partial charge on any atom is 0.191 e. The first-order chi connectivity index (χ1) is 9.69. The number of nitrogens with one attached hydrogen (secondary N) is 2. The molecular formula is C13H24N4O2S2. The van der Waals surface area contributed by atoms with Crippen LogP contribution in [-0.4, -0.2) is 48.7 Å². The molecule has 0 aliphatic carbocycles. The van der Waals surface area contributed by atoms with E-state index in [0.29, 0.717) is 17.5 Å². The maximum absolute atomic E-state index is 11.7. The van der Waals surface area contributed by atoms with Gasteiger partial charge in [-0.3, -0.25) is 0 Å². The van der Waals surface area contributed by atoms with Crippen molar-refractivity contribution in [2.45, 2.75) is 37.1 Å². The molecular weight excluding hydrogens is 308 g/mol. The van der Waals surface area contributed by atoms with Crippen molar-refractivity contribution in [3.63, 3.8) is 0 Å². The Morgan fingerprint density at radius 3 is 2.29 bits per heavy atom. The topological polar surface area (TPSA) is 84.0 Å². The van der Waals surface area contributed by atoms with Crippen molar-refractivity contribution in [2.24, 2.45) is 0 Å². The predicted molar refractivity (Wildman–Crippen MR) is 90.0 cm³/mol. The molecule has 0 radical (unpaired) electrons. The fraction of sp³-hybridized carbons (Fsp3) is 0.692. The van der Waals surface area contributed by atoms with Gasteiger partial charge in [0.05, 0.1) is 4.75 Å². The van der Waals surface area contributed by atoms with Gasteiger partial charge in [0, 0.05) is 25.4 Å². The molecule has 21 heavy (non-hydrogen) atoms. The molecule has 0 unspecified atom stereocenters. The lowest BCUT2D eigenvalue weighted by atomic mass is 10.2. The molecule has 1 aromatic rings. The quantitative estimate of drug-likeness (QED) is 0.558. The number of rotatable bonds is 8. The lowest BCUT2D eigenvalue weighted by Gasteiger charge is -2.23. The summed E-state index contributed by atoms with van der Waals surface area (Å²) in [5.41, 5.74) is 0.